The first-order chi connectivity index (χ1) is 12.0. The molecule has 0 unspecified atom stereocenters. The fourth-order valence-electron chi connectivity index (χ4n) is 4.19. The minimum absolute atomic E-state index is 0.0815. The summed E-state index contributed by atoms with van der Waals surface area (Å²) in [5.41, 5.74) is 0.0628. The van der Waals surface area contributed by atoms with Crippen LogP contribution in [0.3, 0.4) is 0 Å². The Hall–Kier alpha value is -2.11. The number of amides is 1. The van der Waals surface area contributed by atoms with Crippen LogP contribution in [0.1, 0.15) is 38.2 Å². The number of esters is 1. The molecule has 1 aromatic rings. The summed E-state index contributed by atoms with van der Waals surface area (Å²) in [7, 11) is 0. The summed E-state index contributed by atoms with van der Waals surface area (Å²) in [5.74, 6) is -0.314. The smallest absolute Gasteiger partial charge is 0.407 e. The summed E-state index contributed by atoms with van der Waals surface area (Å²) in [4.78, 5) is 24.3. The van der Waals surface area contributed by atoms with Crippen LogP contribution in [0.2, 0.25) is 0 Å². The molecule has 5 nitrogen and oxygen atoms in total. The Morgan fingerprint density at radius 1 is 1.20 bits per heavy atom. The molecular formula is C19H24FNO4. The van der Waals surface area contributed by atoms with E-state index >= 15 is 0 Å². The number of carbonyl (C=O) groups excluding carboxylic acids is 2. The fraction of sp³-hybridized carbons (Fsp3) is 0.579. The van der Waals surface area contributed by atoms with Gasteiger partial charge in [0.1, 0.15) is 12.8 Å². The average molecular weight is 349 g/mol. The van der Waals surface area contributed by atoms with E-state index in [1.54, 1.807) is 6.92 Å². The van der Waals surface area contributed by atoms with Crippen LogP contribution in [0.5, 0.6) is 0 Å². The van der Waals surface area contributed by atoms with Crippen LogP contribution in [0.25, 0.3) is 0 Å². The van der Waals surface area contributed by atoms with Crippen molar-refractivity contribution in [2.24, 2.45) is 10.8 Å². The Morgan fingerprint density at radius 2 is 1.88 bits per heavy atom. The molecule has 0 radical (unpaired) electrons. The largest absolute Gasteiger partial charge is 0.466 e. The van der Waals surface area contributed by atoms with Crippen molar-refractivity contribution in [2.75, 3.05) is 13.2 Å². The topological polar surface area (TPSA) is 64.6 Å². The molecule has 1 aromatic carbocycles. The first-order valence-corrected chi connectivity index (χ1v) is 8.73. The average Bonchev–Trinajstić information content (AvgIpc) is 2.55. The fourth-order valence-corrected chi connectivity index (χ4v) is 4.19. The summed E-state index contributed by atoms with van der Waals surface area (Å²) >= 11 is 0. The molecule has 6 heteroatoms. The summed E-state index contributed by atoms with van der Waals surface area (Å²) in [5, 5.41) is 2.68. The van der Waals surface area contributed by atoms with Crippen molar-refractivity contribution in [2.45, 2.75) is 45.4 Å². The first kappa shape index (κ1) is 17.7. The summed E-state index contributed by atoms with van der Waals surface area (Å²) in [6, 6.07) is 9.37. The van der Waals surface area contributed by atoms with Crippen LogP contribution in [-0.4, -0.2) is 31.4 Å². The molecule has 25 heavy (non-hydrogen) atoms. The number of carbonyl (C=O) groups is 2. The third-order valence-electron chi connectivity index (χ3n) is 5.23. The molecule has 0 bridgehead atoms. The van der Waals surface area contributed by atoms with Gasteiger partial charge in [-0.2, -0.15) is 0 Å². The van der Waals surface area contributed by atoms with Crippen LogP contribution in [0.4, 0.5) is 9.18 Å². The van der Waals surface area contributed by atoms with Gasteiger partial charge in [-0.3, -0.25) is 4.79 Å². The van der Waals surface area contributed by atoms with Crippen molar-refractivity contribution in [1.82, 2.24) is 5.32 Å². The number of rotatable bonds is 6. The Kier molecular flexibility index (Phi) is 4.97. The summed E-state index contributed by atoms with van der Waals surface area (Å²) in [6.45, 7) is 2.38. The van der Waals surface area contributed by atoms with Crippen molar-refractivity contribution >= 4 is 12.1 Å². The number of hydrogen-bond donors (Lipinski definition) is 1. The Bertz CT molecular complexity index is 620. The normalized spacial score (nSPS) is 30.1. The van der Waals surface area contributed by atoms with E-state index in [1.807, 2.05) is 30.3 Å². The van der Waals surface area contributed by atoms with E-state index in [9.17, 15) is 14.0 Å². The van der Waals surface area contributed by atoms with Crippen LogP contribution in [0.15, 0.2) is 30.3 Å². The Labute approximate surface area is 146 Å². The molecule has 1 N–H and O–H groups in total. The molecule has 2 aliphatic carbocycles. The SMILES string of the molecule is CCOC(=O)C1(CNC(=O)OCc2ccccc2)CC2(CC(F)C2)C1. The maximum Gasteiger partial charge on any atom is 0.407 e. The van der Waals surface area contributed by atoms with Crippen molar-refractivity contribution < 1.29 is 23.5 Å². The molecule has 1 amide bonds. The number of hydrogen-bond acceptors (Lipinski definition) is 4. The number of alkyl carbamates (subject to hydrolysis) is 1. The van der Waals surface area contributed by atoms with Gasteiger partial charge in [-0.25, -0.2) is 9.18 Å². The van der Waals surface area contributed by atoms with Gasteiger partial charge in [0.05, 0.1) is 12.0 Å². The van der Waals surface area contributed by atoms with E-state index < -0.39 is 17.7 Å². The molecule has 0 atom stereocenters. The van der Waals surface area contributed by atoms with Gasteiger partial charge in [0, 0.05) is 6.54 Å². The zero-order valence-electron chi connectivity index (χ0n) is 14.4. The highest BCUT2D eigenvalue weighted by Gasteiger charge is 2.64. The highest BCUT2D eigenvalue weighted by molar-refractivity contribution is 5.80. The van der Waals surface area contributed by atoms with Gasteiger partial charge in [-0.15, -0.1) is 0 Å². The Morgan fingerprint density at radius 3 is 2.48 bits per heavy atom. The van der Waals surface area contributed by atoms with Crippen LogP contribution < -0.4 is 5.32 Å². The zero-order valence-corrected chi connectivity index (χ0v) is 14.4. The number of benzene rings is 1. The molecule has 2 saturated carbocycles. The quantitative estimate of drug-likeness (QED) is 0.800. The monoisotopic (exact) mass is 349 g/mol. The number of ether oxygens (including phenoxy) is 2. The van der Waals surface area contributed by atoms with Crippen LogP contribution in [-0.2, 0) is 20.9 Å². The summed E-state index contributed by atoms with van der Waals surface area (Å²) < 4.78 is 23.6. The Balaban J connectivity index is 1.51. The lowest BCUT2D eigenvalue weighted by atomic mass is 9.44. The predicted molar refractivity (Wildman–Crippen MR) is 89.5 cm³/mol. The molecule has 2 fully saturated rings. The minimum atomic E-state index is -0.760. The van der Waals surface area contributed by atoms with E-state index in [1.165, 1.54) is 0 Å². The number of alkyl halides is 1. The van der Waals surface area contributed by atoms with Gasteiger partial charge in [-0.05, 0) is 43.6 Å². The maximum atomic E-state index is 13.2. The van der Waals surface area contributed by atoms with Crippen molar-refractivity contribution in [1.29, 1.82) is 0 Å². The lowest BCUT2D eigenvalue weighted by molar-refractivity contribution is -0.186. The third-order valence-corrected chi connectivity index (χ3v) is 5.23. The first-order valence-electron chi connectivity index (χ1n) is 8.73. The molecular weight excluding hydrogens is 325 g/mol. The third kappa shape index (κ3) is 3.78. The molecule has 0 aliphatic heterocycles. The van der Waals surface area contributed by atoms with Crippen LogP contribution >= 0.6 is 0 Å². The van der Waals surface area contributed by atoms with Gasteiger partial charge in [0.25, 0.3) is 0 Å². The lowest BCUT2D eigenvalue weighted by Crippen LogP contribution is -2.61. The van der Waals surface area contributed by atoms with E-state index in [-0.39, 0.29) is 31.1 Å². The second-order valence-corrected chi connectivity index (χ2v) is 7.28. The second-order valence-electron chi connectivity index (χ2n) is 7.28. The maximum absolute atomic E-state index is 13.2. The van der Waals surface area contributed by atoms with E-state index in [2.05, 4.69) is 5.32 Å². The highest BCUT2D eigenvalue weighted by Crippen LogP contribution is 2.65. The van der Waals surface area contributed by atoms with E-state index in [0.717, 1.165) is 5.56 Å². The van der Waals surface area contributed by atoms with E-state index in [0.29, 0.717) is 25.7 Å². The molecule has 1 spiro atoms. The molecule has 3 rings (SSSR count). The number of halogens is 1. The molecule has 0 heterocycles. The van der Waals surface area contributed by atoms with Gasteiger partial charge in [0.2, 0.25) is 0 Å². The van der Waals surface area contributed by atoms with Gasteiger partial charge in [0.15, 0.2) is 0 Å². The molecule has 136 valence electrons. The second kappa shape index (κ2) is 7.02. The predicted octanol–water partition coefficient (Wildman–Crippen LogP) is 3.37. The van der Waals surface area contributed by atoms with Crippen molar-refractivity contribution in [3.8, 4) is 0 Å². The zero-order chi connectivity index (χ0) is 17.9. The molecule has 0 aromatic heterocycles. The summed E-state index contributed by atoms with van der Waals surface area (Å²) in [6.07, 6.45) is 0.824. The van der Waals surface area contributed by atoms with Crippen molar-refractivity contribution in [3.63, 3.8) is 0 Å². The highest BCUT2D eigenvalue weighted by atomic mass is 19.1. The van der Waals surface area contributed by atoms with Gasteiger partial charge >= 0.3 is 12.1 Å². The van der Waals surface area contributed by atoms with Crippen LogP contribution in [0, 0.1) is 10.8 Å². The van der Waals surface area contributed by atoms with Gasteiger partial charge in [-0.1, -0.05) is 30.3 Å². The molecule has 2 aliphatic rings. The molecule has 0 saturated heterocycles. The van der Waals surface area contributed by atoms with Gasteiger partial charge < -0.3 is 14.8 Å². The van der Waals surface area contributed by atoms with Crippen molar-refractivity contribution in [3.05, 3.63) is 35.9 Å². The minimum Gasteiger partial charge on any atom is -0.466 e. The number of nitrogens with one attached hydrogen (secondary N) is 1. The lowest BCUT2D eigenvalue weighted by Gasteiger charge is -2.60. The standard InChI is InChI=1S/C19H24FNO4/c1-2-24-16(22)19(11-18(12-19)8-15(20)9-18)13-21-17(23)25-10-14-6-4-3-5-7-14/h3-7,15H,2,8-13H2,1H3,(H,21,23). The van der Waals surface area contributed by atoms with E-state index in [4.69, 9.17) is 9.47 Å².